The number of alkyl halides is 3. The number of aryl methyl sites for hydroxylation is 2. The second-order valence-electron chi connectivity index (χ2n) is 8.53. The van der Waals surface area contributed by atoms with Crippen molar-refractivity contribution in [2.24, 2.45) is 0 Å². The molecule has 1 amide bonds. The average Bonchev–Trinajstić information content (AvgIpc) is 2.97. The molecule has 1 heterocycles. The quantitative estimate of drug-likeness (QED) is 0.638. The zero-order valence-corrected chi connectivity index (χ0v) is 18.6. The number of carbonyl (C=O) groups excluding carboxylic acids is 1. The lowest BCUT2D eigenvalue weighted by Gasteiger charge is -2.25. The van der Waals surface area contributed by atoms with Crippen molar-refractivity contribution in [3.8, 4) is 5.75 Å². The third kappa shape index (κ3) is 4.97. The van der Waals surface area contributed by atoms with Gasteiger partial charge >= 0.3 is 12.1 Å². The van der Waals surface area contributed by atoms with Gasteiger partial charge in [0, 0.05) is 6.54 Å². The molecular formula is C24H24F3NO5. The molecule has 1 aliphatic heterocycles. The van der Waals surface area contributed by atoms with Crippen molar-refractivity contribution in [1.82, 2.24) is 4.90 Å². The van der Waals surface area contributed by atoms with Crippen LogP contribution in [0.5, 0.6) is 5.75 Å². The van der Waals surface area contributed by atoms with Gasteiger partial charge in [-0.2, -0.15) is 13.2 Å². The maximum absolute atomic E-state index is 12.9. The first-order valence-corrected chi connectivity index (χ1v) is 10.1. The zero-order chi connectivity index (χ0) is 24.7. The molecule has 0 saturated heterocycles. The molecule has 0 atom stereocenters. The number of aliphatic hydroxyl groups excluding tert-OH is 1. The summed E-state index contributed by atoms with van der Waals surface area (Å²) in [6.45, 7) is 6.50. The molecule has 33 heavy (non-hydrogen) atoms. The number of hydrogen-bond donors (Lipinski definition) is 2. The number of halogens is 3. The highest BCUT2D eigenvalue weighted by Crippen LogP contribution is 2.34. The smallest absolute Gasteiger partial charge is 0.416 e. The lowest BCUT2D eigenvalue weighted by molar-refractivity contribution is -0.152. The van der Waals surface area contributed by atoms with Crippen molar-refractivity contribution in [3.63, 3.8) is 0 Å². The van der Waals surface area contributed by atoms with Crippen LogP contribution >= 0.6 is 0 Å². The number of aliphatic carboxylic acids is 1. The van der Waals surface area contributed by atoms with Crippen molar-refractivity contribution >= 4 is 17.4 Å². The highest BCUT2D eigenvalue weighted by atomic mass is 19.4. The number of benzene rings is 2. The molecule has 2 aromatic carbocycles. The lowest BCUT2D eigenvalue weighted by atomic mass is 10.0. The number of rotatable bonds is 6. The highest BCUT2D eigenvalue weighted by molar-refractivity contribution is 6.22. The van der Waals surface area contributed by atoms with E-state index in [1.54, 1.807) is 26.0 Å². The summed E-state index contributed by atoms with van der Waals surface area (Å²) in [6.07, 6.45) is -4.49. The van der Waals surface area contributed by atoms with E-state index < -0.39 is 29.2 Å². The number of carboxylic acids is 1. The third-order valence-electron chi connectivity index (χ3n) is 5.40. The minimum atomic E-state index is -4.49. The first kappa shape index (κ1) is 24.2. The van der Waals surface area contributed by atoms with Gasteiger partial charge in [0.05, 0.1) is 17.7 Å². The van der Waals surface area contributed by atoms with Crippen LogP contribution in [0.4, 0.5) is 13.2 Å². The average molecular weight is 463 g/mol. The summed E-state index contributed by atoms with van der Waals surface area (Å²) in [7, 11) is 0. The number of hydrogen-bond acceptors (Lipinski definition) is 4. The van der Waals surface area contributed by atoms with E-state index >= 15 is 0 Å². The van der Waals surface area contributed by atoms with Crippen LogP contribution in [0.15, 0.2) is 42.2 Å². The van der Waals surface area contributed by atoms with Gasteiger partial charge in [0.25, 0.3) is 5.91 Å². The molecule has 2 aromatic rings. The van der Waals surface area contributed by atoms with E-state index in [0.717, 1.165) is 17.7 Å². The number of aliphatic hydroxyl groups is 1. The van der Waals surface area contributed by atoms with Crippen LogP contribution in [0.2, 0.25) is 0 Å². The molecule has 3 rings (SSSR count). The maximum atomic E-state index is 12.9. The predicted octanol–water partition coefficient (Wildman–Crippen LogP) is 4.88. The van der Waals surface area contributed by atoms with Crippen molar-refractivity contribution in [1.29, 1.82) is 0 Å². The van der Waals surface area contributed by atoms with E-state index in [2.05, 4.69) is 0 Å². The molecular weight excluding hydrogens is 439 g/mol. The monoisotopic (exact) mass is 463 g/mol. The molecule has 0 unspecified atom stereocenters. The van der Waals surface area contributed by atoms with Crippen molar-refractivity contribution in [2.75, 3.05) is 6.54 Å². The van der Waals surface area contributed by atoms with E-state index in [1.807, 2.05) is 0 Å². The number of amides is 1. The Morgan fingerprint density at radius 2 is 1.64 bits per heavy atom. The second kappa shape index (κ2) is 8.46. The van der Waals surface area contributed by atoms with Crippen LogP contribution in [0.1, 0.15) is 41.7 Å². The summed E-state index contributed by atoms with van der Waals surface area (Å²) in [5, 5.41) is 19.6. The number of carbonyl (C=O) groups is 2. The SMILES string of the molecule is Cc1cc(CN2CC(O)=C(c3ccc(C(F)(F)F)cc3)C2=O)cc(C)c1OC(C)(C)C(=O)O. The maximum Gasteiger partial charge on any atom is 0.416 e. The number of carboxylic acid groups (broad SMARTS) is 1. The number of nitrogens with zero attached hydrogens (tertiary/aromatic N) is 1. The van der Waals surface area contributed by atoms with Gasteiger partial charge in [-0.15, -0.1) is 0 Å². The van der Waals surface area contributed by atoms with Gasteiger partial charge in [0.1, 0.15) is 11.5 Å². The Bertz CT molecular complexity index is 1110. The Morgan fingerprint density at radius 3 is 2.12 bits per heavy atom. The molecule has 0 saturated carbocycles. The van der Waals surface area contributed by atoms with Crippen LogP contribution in [-0.4, -0.2) is 39.1 Å². The Morgan fingerprint density at radius 1 is 1.09 bits per heavy atom. The van der Waals surface area contributed by atoms with Gasteiger partial charge in [0.15, 0.2) is 5.60 Å². The molecule has 9 heteroatoms. The van der Waals surface area contributed by atoms with Gasteiger partial charge < -0.3 is 19.8 Å². The van der Waals surface area contributed by atoms with Gasteiger partial charge in [-0.1, -0.05) is 24.3 Å². The second-order valence-corrected chi connectivity index (χ2v) is 8.53. The molecule has 1 aliphatic rings. The fraction of sp³-hybridized carbons (Fsp3) is 0.333. The van der Waals surface area contributed by atoms with Crippen molar-refractivity contribution < 1.29 is 37.7 Å². The topological polar surface area (TPSA) is 87.1 Å². The van der Waals surface area contributed by atoms with Crippen LogP contribution in [0.25, 0.3) is 5.57 Å². The molecule has 0 aliphatic carbocycles. The van der Waals surface area contributed by atoms with E-state index in [4.69, 9.17) is 4.74 Å². The van der Waals surface area contributed by atoms with Gasteiger partial charge in [-0.25, -0.2) is 4.79 Å². The summed E-state index contributed by atoms with van der Waals surface area (Å²) in [5.41, 5.74) is 0.0275. The summed E-state index contributed by atoms with van der Waals surface area (Å²) in [6, 6.07) is 7.60. The minimum absolute atomic E-state index is 0.0275. The molecule has 0 fully saturated rings. The van der Waals surface area contributed by atoms with Gasteiger partial charge in [-0.05, 0) is 62.1 Å². The van der Waals surface area contributed by atoms with Gasteiger partial charge in [-0.3, -0.25) is 4.79 Å². The summed E-state index contributed by atoms with van der Waals surface area (Å²) in [5.74, 6) is -1.37. The minimum Gasteiger partial charge on any atom is -0.510 e. The molecule has 0 bridgehead atoms. The summed E-state index contributed by atoms with van der Waals surface area (Å²) in [4.78, 5) is 25.7. The molecule has 0 spiro atoms. The Kier molecular flexibility index (Phi) is 6.19. The van der Waals surface area contributed by atoms with Crippen LogP contribution < -0.4 is 4.74 Å². The largest absolute Gasteiger partial charge is 0.510 e. The molecule has 6 nitrogen and oxygen atoms in total. The highest BCUT2D eigenvalue weighted by Gasteiger charge is 2.34. The summed E-state index contributed by atoms with van der Waals surface area (Å²) < 4.78 is 44.1. The fourth-order valence-corrected chi connectivity index (χ4v) is 3.67. The van der Waals surface area contributed by atoms with Crippen LogP contribution in [0, 0.1) is 13.8 Å². The first-order chi connectivity index (χ1) is 15.2. The molecule has 2 N–H and O–H groups in total. The molecule has 0 radical (unpaired) electrons. The number of ether oxygens (including phenoxy) is 1. The molecule has 176 valence electrons. The Balaban J connectivity index is 1.79. The first-order valence-electron chi connectivity index (χ1n) is 10.1. The fourth-order valence-electron chi connectivity index (χ4n) is 3.67. The summed E-state index contributed by atoms with van der Waals surface area (Å²) >= 11 is 0. The van der Waals surface area contributed by atoms with E-state index in [1.165, 1.54) is 30.9 Å². The van der Waals surface area contributed by atoms with Gasteiger partial charge in [0.2, 0.25) is 0 Å². The van der Waals surface area contributed by atoms with E-state index in [9.17, 15) is 33.0 Å². The van der Waals surface area contributed by atoms with E-state index in [0.29, 0.717) is 16.9 Å². The Hall–Kier alpha value is -3.49. The molecule has 0 aromatic heterocycles. The standard InChI is InChI=1S/C24H24F3NO5/c1-13-9-15(10-14(2)20(13)33-23(3,4)22(31)32)11-28-12-18(29)19(21(28)30)16-5-7-17(8-6-16)24(25,26)27/h5-10,29H,11-12H2,1-4H3,(H,31,32). The Labute approximate surface area is 188 Å². The lowest BCUT2D eigenvalue weighted by Crippen LogP contribution is -2.38. The van der Waals surface area contributed by atoms with E-state index in [-0.39, 0.29) is 30.0 Å². The third-order valence-corrected chi connectivity index (χ3v) is 5.40. The van der Waals surface area contributed by atoms with Crippen molar-refractivity contribution in [3.05, 3.63) is 70.0 Å². The van der Waals surface area contributed by atoms with Crippen LogP contribution in [0.3, 0.4) is 0 Å². The predicted molar refractivity (Wildman–Crippen MR) is 115 cm³/mol. The normalized spacial score (nSPS) is 14.8. The zero-order valence-electron chi connectivity index (χ0n) is 18.6. The van der Waals surface area contributed by atoms with Crippen molar-refractivity contribution in [2.45, 2.75) is 46.0 Å². The van der Waals surface area contributed by atoms with Crippen LogP contribution in [-0.2, 0) is 22.3 Å².